The number of amides is 3. The highest BCUT2D eigenvalue weighted by atomic mass is 35.5. The third-order valence-electron chi connectivity index (χ3n) is 6.64. The molecule has 8 nitrogen and oxygen atoms in total. The summed E-state index contributed by atoms with van der Waals surface area (Å²) in [5, 5.41) is 3.61. The molecule has 3 aromatic carbocycles. The van der Waals surface area contributed by atoms with Gasteiger partial charge >= 0.3 is 0 Å². The van der Waals surface area contributed by atoms with Crippen molar-refractivity contribution in [3.63, 3.8) is 0 Å². The van der Waals surface area contributed by atoms with Crippen LogP contribution in [0.4, 0.5) is 0 Å². The van der Waals surface area contributed by atoms with E-state index >= 15 is 0 Å². The van der Waals surface area contributed by atoms with Gasteiger partial charge in [-0.2, -0.15) is 0 Å². The van der Waals surface area contributed by atoms with Crippen molar-refractivity contribution in [2.45, 2.75) is 43.7 Å². The van der Waals surface area contributed by atoms with Gasteiger partial charge in [0.15, 0.2) is 0 Å². The molecule has 1 N–H and O–H groups in total. The van der Waals surface area contributed by atoms with Crippen LogP contribution in [-0.4, -0.2) is 54.5 Å². The van der Waals surface area contributed by atoms with Crippen LogP contribution in [0.25, 0.3) is 0 Å². The molecule has 1 aliphatic heterocycles. The largest absolute Gasteiger partial charge is 0.355 e. The molecule has 0 spiro atoms. The predicted octanol–water partition coefficient (Wildman–Crippen LogP) is 4.69. The molecule has 11 heteroatoms. The molecule has 0 bridgehead atoms. The Kier molecular flexibility index (Phi) is 9.50. The summed E-state index contributed by atoms with van der Waals surface area (Å²) in [7, 11) is -3.98. The number of nitrogens with zero attached hydrogens (tertiary/aromatic N) is 2. The Morgan fingerprint density at radius 3 is 2.38 bits per heavy atom. The van der Waals surface area contributed by atoms with Crippen molar-refractivity contribution in [2.75, 3.05) is 13.1 Å². The molecule has 0 saturated heterocycles. The van der Waals surface area contributed by atoms with Crippen LogP contribution in [0.15, 0.2) is 77.7 Å². The van der Waals surface area contributed by atoms with Gasteiger partial charge in [0.1, 0.15) is 10.9 Å². The van der Waals surface area contributed by atoms with Gasteiger partial charge in [0.2, 0.25) is 11.8 Å². The topological polar surface area (TPSA) is 104 Å². The zero-order chi connectivity index (χ0) is 28.9. The molecule has 0 aliphatic carbocycles. The molecular weight excluding hydrogens is 573 g/mol. The van der Waals surface area contributed by atoms with E-state index in [1.165, 1.54) is 17.0 Å². The third kappa shape index (κ3) is 6.49. The van der Waals surface area contributed by atoms with Crippen LogP contribution < -0.4 is 5.32 Å². The molecule has 1 atom stereocenters. The zero-order valence-electron chi connectivity index (χ0n) is 21.8. The van der Waals surface area contributed by atoms with E-state index < -0.39 is 22.0 Å². The Labute approximate surface area is 243 Å². The minimum atomic E-state index is -3.98. The van der Waals surface area contributed by atoms with Gasteiger partial charge < -0.3 is 10.2 Å². The van der Waals surface area contributed by atoms with Crippen molar-refractivity contribution >= 4 is 50.9 Å². The molecule has 0 aromatic heterocycles. The molecule has 210 valence electrons. The minimum absolute atomic E-state index is 0.0375. The first-order chi connectivity index (χ1) is 19.1. The van der Waals surface area contributed by atoms with E-state index in [1.807, 2.05) is 30.3 Å². The van der Waals surface area contributed by atoms with Crippen LogP contribution in [-0.2, 0) is 32.6 Å². The SMILES string of the molecule is CCNC(=O)C(Cc1ccccc1)N(Cc1ccc(Cl)cc1Cl)C(=O)CCCN1C(=O)c2ccccc2S1(=O)=O. The van der Waals surface area contributed by atoms with E-state index in [4.69, 9.17) is 23.2 Å². The van der Waals surface area contributed by atoms with Crippen molar-refractivity contribution in [3.8, 4) is 0 Å². The molecule has 3 aromatic rings. The van der Waals surface area contributed by atoms with Crippen LogP contribution >= 0.6 is 23.2 Å². The van der Waals surface area contributed by atoms with Gasteiger partial charge in [-0.25, -0.2) is 12.7 Å². The van der Waals surface area contributed by atoms with E-state index in [2.05, 4.69) is 5.32 Å². The predicted molar refractivity (Wildman–Crippen MR) is 154 cm³/mol. The molecule has 0 fully saturated rings. The number of carbonyl (C=O) groups excluding carboxylic acids is 3. The summed E-state index contributed by atoms with van der Waals surface area (Å²) in [4.78, 5) is 41.2. The number of nitrogens with one attached hydrogen (secondary N) is 1. The second kappa shape index (κ2) is 12.8. The summed E-state index contributed by atoms with van der Waals surface area (Å²) in [5.41, 5.74) is 1.59. The number of rotatable bonds is 11. The van der Waals surface area contributed by atoms with Crippen LogP contribution in [0.5, 0.6) is 0 Å². The van der Waals surface area contributed by atoms with Gasteiger partial charge in [-0.15, -0.1) is 0 Å². The Balaban J connectivity index is 1.57. The fourth-order valence-electron chi connectivity index (χ4n) is 4.65. The minimum Gasteiger partial charge on any atom is -0.355 e. The number of likely N-dealkylation sites (N-methyl/N-ethyl adjacent to an activating group) is 1. The lowest BCUT2D eigenvalue weighted by Gasteiger charge is -2.32. The molecule has 1 heterocycles. The summed E-state index contributed by atoms with van der Waals surface area (Å²) in [6.45, 7) is 2.05. The summed E-state index contributed by atoms with van der Waals surface area (Å²) >= 11 is 12.5. The van der Waals surface area contributed by atoms with E-state index in [9.17, 15) is 22.8 Å². The number of hydrogen-bond donors (Lipinski definition) is 1. The smallest absolute Gasteiger partial charge is 0.269 e. The molecule has 40 heavy (non-hydrogen) atoms. The number of hydrogen-bond acceptors (Lipinski definition) is 5. The molecule has 1 unspecified atom stereocenters. The number of sulfonamides is 1. The first kappa shape index (κ1) is 29.6. The molecule has 3 amide bonds. The molecule has 0 saturated carbocycles. The van der Waals surface area contributed by atoms with Gasteiger partial charge in [-0.05, 0) is 48.7 Å². The first-order valence-electron chi connectivity index (χ1n) is 12.8. The lowest BCUT2D eigenvalue weighted by Crippen LogP contribution is -2.50. The quantitative estimate of drug-likeness (QED) is 0.343. The first-order valence-corrected chi connectivity index (χ1v) is 15.0. The highest BCUT2D eigenvalue weighted by molar-refractivity contribution is 7.90. The summed E-state index contributed by atoms with van der Waals surface area (Å²) in [6, 6.07) is 19.5. The maximum absolute atomic E-state index is 13.7. The van der Waals surface area contributed by atoms with Crippen molar-refractivity contribution in [1.82, 2.24) is 14.5 Å². The van der Waals surface area contributed by atoms with Crippen LogP contribution in [0.3, 0.4) is 0 Å². The van der Waals surface area contributed by atoms with Crippen LogP contribution in [0.1, 0.15) is 41.3 Å². The van der Waals surface area contributed by atoms with Gasteiger partial charge in [0.05, 0.1) is 5.56 Å². The average molecular weight is 603 g/mol. The Bertz CT molecular complexity index is 1520. The van der Waals surface area contributed by atoms with Gasteiger partial charge in [0, 0.05) is 42.5 Å². The maximum Gasteiger partial charge on any atom is 0.269 e. The van der Waals surface area contributed by atoms with Gasteiger partial charge in [-0.1, -0.05) is 71.7 Å². The van der Waals surface area contributed by atoms with Crippen LogP contribution in [0, 0.1) is 0 Å². The lowest BCUT2D eigenvalue weighted by atomic mass is 10.0. The van der Waals surface area contributed by atoms with E-state index in [-0.39, 0.29) is 54.6 Å². The van der Waals surface area contributed by atoms with Crippen molar-refractivity contribution in [3.05, 3.63) is 99.5 Å². The van der Waals surface area contributed by atoms with Gasteiger partial charge in [0.25, 0.3) is 15.9 Å². The van der Waals surface area contributed by atoms with Crippen molar-refractivity contribution < 1.29 is 22.8 Å². The highest BCUT2D eigenvalue weighted by Gasteiger charge is 2.40. The second-order valence-electron chi connectivity index (χ2n) is 9.34. The second-order valence-corrected chi connectivity index (χ2v) is 12.0. The average Bonchev–Trinajstić information content (AvgIpc) is 3.13. The summed E-state index contributed by atoms with van der Waals surface area (Å²) < 4.78 is 26.6. The van der Waals surface area contributed by atoms with E-state index in [0.717, 1.165) is 9.87 Å². The van der Waals surface area contributed by atoms with E-state index in [0.29, 0.717) is 22.2 Å². The Morgan fingerprint density at radius 1 is 1.00 bits per heavy atom. The van der Waals surface area contributed by atoms with Crippen molar-refractivity contribution in [1.29, 1.82) is 0 Å². The fraction of sp³-hybridized carbons (Fsp3) is 0.276. The van der Waals surface area contributed by atoms with Gasteiger partial charge in [-0.3, -0.25) is 14.4 Å². The van der Waals surface area contributed by atoms with E-state index in [1.54, 1.807) is 37.3 Å². The Hall–Kier alpha value is -3.40. The Morgan fingerprint density at radius 2 is 1.70 bits per heavy atom. The molecular formula is C29H29Cl2N3O5S. The number of carbonyl (C=O) groups is 3. The number of fused-ring (bicyclic) bond motifs is 1. The standard InChI is InChI=1S/C29H29Cl2N3O5S/c1-2-32-28(36)25(17-20-9-4-3-5-10-20)33(19-21-14-15-22(30)18-24(21)31)27(35)13-8-16-34-29(37)23-11-6-7-12-26(23)40(34,38)39/h3-7,9-12,14-15,18,25H,2,8,13,16-17,19H2,1H3,(H,32,36). The molecule has 4 rings (SSSR count). The molecule has 0 radical (unpaired) electrons. The third-order valence-corrected chi connectivity index (χ3v) is 9.07. The normalized spacial score (nSPS) is 14.5. The summed E-state index contributed by atoms with van der Waals surface area (Å²) in [6.07, 6.45) is 0.250. The zero-order valence-corrected chi connectivity index (χ0v) is 24.2. The number of halogens is 2. The summed E-state index contributed by atoms with van der Waals surface area (Å²) in [5.74, 6) is -1.31. The van der Waals surface area contributed by atoms with Crippen LogP contribution in [0.2, 0.25) is 10.0 Å². The molecule has 1 aliphatic rings. The fourth-order valence-corrected chi connectivity index (χ4v) is 6.72. The van der Waals surface area contributed by atoms with Crippen molar-refractivity contribution in [2.24, 2.45) is 0 Å². The lowest BCUT2D eigenvalue weighted by molar-refractivity contribution is -0.141. The highest BCUT2D eigenvalue weighted by Crippen LogP contribution is 2.30. The monoisotopic (exact) mass is 601 g/mol. The number of benzene rings is 3. The maximum atomic E-state index is 13.7.